The molecule has 80 valence electrons. The number of aromatic nitrogens is 3. The second kappa shape index (κ2) is 3.07. The average molecular weight is 196 g/mol. The summed E-state index contributed by atoms with van der Waals surface area (Å²) in [4.78, 5) is 0. The summed E-state index contributed by atoms with van der Waals surface area (Å²) in [6.45, 7) is 15.2. The van der Waals surface area contributed by atoms with Crippen LogP contribution in [0.3, 0.4) is 0 Å². The van der Waals surface area contributed by atoms with Gasteiger partial charge in [-0.05, 0) is 20.8 Å². The molecule has 14 heavy (non-hydrogen) atoms. The largest absolute Gasteiger partial charge is 0.226 e. The van der Waals surface area contributed by atoms with Gasteiger partial charge in [-0.1, -0.05) is 26.0 Å². The molecule has 0 aliphatic heterocycles. The number of nitrogens with zero attached hydrogens (tertiary/aromatic N) is 2. The highest BCUT2D eigenvalue weighted by molar-refractivity contribution is 5.12. The van der Waals surface area contributed by atoms with Crippen molar-refractivity contribution in [2.45, 2.75) is 59.4 Å². The molecule has 0 aliphatic carbocycles. The Balaban J connectivity index is 3.23. The molecule has 0 saturated heterocycles. The van der Waals surface area contributed by atoms with Crippen LogP contribution in [0.5, 0.6) is 0 Å². The van der Waals surface area contributed by atoms with E-state index in [4.69, 9.17) is 0 Å². The maximum Gasteiger partial charge on any atom is 0.226 e. The smallest absolute Gasteiger partial charge is 0.155 e. The zero-order valence-electron chi connectivity index (χ0n) is 10.4. The first-order chi connectivity index (χ1) is 6.14. The van der Waals surface area contributed by atoms with Gasteiger partial charge >= 0.3 is 0 Å². The van der Waals surface area contributed by atoms with Crippen LogP contribution in [0, 0.1) is 6.92 Å². The third-order valence-electron chi connectivity index (χ3n) is 2.32. The SMILES string of the molecule is Cc1c(C(C)(C)C)n[nH][n+]1C(C)(C)C. The summed E-state index contributed by atoms with van der Waals surface area (Å²) in [5.41, 5.74) is 2.55. The normalized spacial score (nSPS) is 13.4. The monoisotopic (exact) mass is 196 g/mol. The van der Waals surface area contributed by atoms with Gasteiger partial charge < -0.3 is 0 Å². The Labute approximate surface area is 86.5 Å². The lowest BCUT2D eigenvalue weighted by atomic mass is 9.91. The van der Waals surface area contributed by atoms with E-state index in [0.717, 1.165) is 5.69 Å². The molecule has 1 N–H and O–H groups in total. The van der Waals surface area contributed by atoms with Crippen molar-refractivity contribution in [2.24, 2.45) is 0 Å². The van der Waals surface area contributed by atoms with E-state index >= 15 is 0 Å². The maximum absolute atomic E-state index is 4.39. The second-order valence-electron chi connectivity index (χ2n) is 5.90. The Bertz CT molecular complexity index is 292. The van der Waals surface area contributed by atoms with Gasteiger partial charge in [0.25, 0.3) is 0 Å². The molecule has 0 fully saturated rings. The van der Waals surface area contributed by atoms with Crippen LogP contribution in [0.2, 0.25) is 0 Å². The fraction of sp³-hybridized carbons (Fsp3) is 0.818. The Morgan fingerprint density at radius 3 is 1.79 bits per heavy atom. The molecule has 1 aromatic heterocycles. The minimum atomic E-state index is 0.0700. The molecular weight excluding hydrogens is 174 g/mol. The number of H-pyrrole nitrogens is 1. The molecule has 1 rings (SSSR count). The number of hydrogen-bond donors (Lipinski definition) is 1. The number of rotatable bonds is 0. The van der Waals surface area contributed by atoms with Crippen molar-refractivity contribution in [1.29, 1.82) is 0 Å². The van der Waals surface area contributed by atoms with Gasteiger partial charge in [0.2, 0.25) is 5.69 Å². The molecule has 3 heteroatoms. The lowest BCUT2D eigenvalue weighted by molar-refractivity contribution is -0.810. The van der Waals surface area contributed by atoms with Crippen LogP contribution in [0.25, 0.3) is 0 Å². The predicted molar refractivity (Wildman–Crippen MR) is 57.2 cm³/mol. The van der Waals surface area contributed by atoms with Gasteiger partial charge in [0.1, 0.15) is 5.54 Å². The zero-order chi connectivity index (χ0) is 11.1. The Morgan fingerprint density at radius 1 is 1.07 bits per heavy atom. The van der Waals surface area contributed by atoms with Crippen molar-refractivity contribution < 1.29 is 4.68 Å². The van der Waals surface area contributed by atoms with Gasteiger partial charge in [0.15, 0.2) is 5.69 Å². The van der Waals surface area contributed by atoms with Gasteiger partial charge in [-0.2, -0.15) is 4.68 Å². The van der Waals surface area contributed by atoms with Crippen LogP contribution in [0.4, 0.5) is 0 Å². The Kier molecular flexibility index (Phi) is 2.46. The minimum absolute atomic E-state index is 0.0700. The van der Waals surface area contributed by atoms with Crippen molar-refractivity contribution in [2.75, 3.05) is 0 Å². The second-order valence-corrected chi connectivity index (χ2v) is 5.90. The van der Waals surface area contributed by atoms with Crippen molar-refractivity contribution in [1.82, 2.24) is 10.3 Å². The van der Waals surface area contributed by atoms with Crippen LogP contribution >= 0.6 is 0 Å². The van der Waals surface area contributed by atoms with Crippen molar-refractivity contribution >= 4 is 0 Å². The molecular formula is C11H22N3+. The summed E-state index contributed by atoms with van der Waals surface area (Å²) < 4.78 is 2.12. The van der Waals surface area contributed by atoms with E-state index in [2.05, 4.69) is 63.5 Å². The van der Waals surface area contributed by atoms with Crippen LogP contribution in [-0.4, -0.2) is 10.3 Å². The Hall–Kier alpha value is -0.860. The van der Waals surface area contributed by atoms with E-state index in [1.54, 1.807) is 0 Å². The van der Waals surface area contributed by atoms with Gasteiger partial charge in [-0.15, -0.1) is 0 Å². The molecule has 0 spiro atoms. The molecule has 0 bridgehead atoms. The van der Waals surface area contributed by atoms with Gasteiger partial charge in [-0.25, -0.2) is 0 Å². The highest BCUT2D eigenvalue weighted by Gasteiger charge is 2.33. The van der Waals surface area contributed by atoms with Crippen molar-refractivity contribution in [3.8, 4) is 0 Å². The van der Waals surface area contributed by atoms with Crippen LogP contribution in [0.15, 0.2) is 0 Å². The third-order valence-corrected chi connectivity index (χ3v) is 2.32. The molecule has 0 aromatic carbocycles. The quantitative estimate of drug-likeness (QED) is 0.633. The summed E-state index contributed by atoms with van der Waals surface area (Å²) in [6.07, 6.45) is 0. The maximum atomic E-state index is 4.39. The van der Waals surface area contributed by atoms with E-state index < -0.39 is 0 Å². The van der Waals surface area contributed by atoms with Crippen molar-refractivity contribution in [3.05, 3.63) is 11.4 Å². The van der Waals surface area contributed by atoms with E-state index in [1.807, 2.05) is 0 Å². The van der Waals surface area contributed by atoms with E-state index in [0.29, 0.717) is 0 Å². The molecule has 3 nitrogen and oxygen atoms in total. The first-order valence-electron chi connectivity index (χ1n) is 5.12. The predicted octanol–water partition coefficient (Wildman–Crippen LogP) is 2.06. The fourth-order valence-corrected chi connectivity index (χ4v) is 1.73. The van der Waals surface area contributed by atoms with E-state index in [9.17, 15) is 0 Å². The summed E-state index contributed by atoms with van der Waals surface area (Å²) in [7, 11) is 0. The van der Waals surface area contributed by atoms with E-state index in [-0.39, 0.29) is 11.0 Å². The summed E-state index contributed by atoms with van der Waals surface area (Å²) in [5.74, 6) is 0. The third kappa shape index (κ3) is 1.97. The zero-order valence-corrected chi connectivity index (χ0v) is 10.4. The molecule has 1 heterocycles. The standard InChI is InChI=1S/C11H21N3/c1-8-9(10(2,3)4)12-13-14(8)11(5,6)7/h1-7H3/p+1. The average Bonchev–Trinajstić information content (AvgIpc) is 2.26. The van der Waals surface area contributed by atoms with Gasteiger partial charge in [0.05, 0.1) is 0 Å². The van der Waals surface area contributed by atoms with Gasteiger partial charge in [-0.3, -0.25) is 0 Å². The van der Waals surface area contributed by atoms with Crippen LogP contribution < -0.4 is 4.68 Å². The van der Waals surface area contributed by atoms with Crippen LogP contribution in [-0.2, 0) is 11.0 Å². The first-order valence-corrected chi connectivity index (χ1v) is 5.12. The highest BCUT2D eigenvalue weighted by Crippen LogP contribution is 2.21. The number of nitrogens with one attached hydrogen (secondary N) is 1. The highest BCUT2D eigenvalue weighted by atomic mass is 15.5. The molecule has 0 aliphatic rings. The minimum Gasteiger partial charge on any atom is -0.155 e. The molecule has 0 unspecified atom stereocenters. The van der Waals surface area contributed by atoms with Crippen LogP contribution in [0.1, 0.15) is 52.9 Å². The Morgan fingerprint density at radius 2 is 1.57 bits per heavy atom. The van der Waals surface area contributed by atoms with E-state index in [1.165, 1.54) is 5.69 Å². The molecule has 0 saturated carbocycles. The first kappa shape index (κ1) is 11.2. The van der Waals surface area contributed by atoms with Gasteiger partial charge in [0, 0.05) is 17.4 Å². The summed E-state index contributed by atoms with van der Waals surface area (Å²) >= 11 is 0. The summed E-state index contributed by atoms with van der Waals surface area (Å²) in [6, 6.07) is 0. The molecule has 1 aromatic rings. The number of aromatic amines is 1. The lowest BCUT2D eigenvalue weighted by Gasteiger charge is -2.16. The molecule has 0 radical (unpaired) electrons. The molecule has 0 amide bonds. The van der Waals surface area contributed by atoms with Crippen molar-refractivity contribution in [3.63, 3.8) is 0 Å². The molecule has 0 atom stereocenters. The lowest BCUT2D eigenvalue weighted by Crippen LogP contribution is -2.54. The fourth-order valence-electron chi connectivity index (χ4n) is 1.73. The topological polar surface area (TPSA) is 32.6 Å². The summed E-state index contributed by atoms with van der Waals surface area (Å²) in [5, 5.41) is 7.48. The number of hydrogen-bond acceptors (Lipinski definition) is 1.